The summed E-state index contributed by atoms with van der Waals surface area (Å²) in [6.45, 7) is -7.33. The molecule has 0 radical (unpaired) electrons. The summed E-state index contributed by atoms with van der Waals surface area (Å²) < 4.78 is 57.4. The maximum Gasteiger partial charge on any atom is 0.379 e. The second-order valence-electron chi connectivity index (χ2n) is 4.58. The fourth-order valence-corrected chi connectivity index (χ4v) is 3.45. The summed E-state index contributed by atoms with van der Waals surface area (Å²) in [6, 6.07) is 0. The van der Waals surface area contributed by atoms with E-state index in [1.165, 1.54) is 0 Å². The zero-order chi connectivity index (χ0) is 20.7. The number of hydrogen-bond acceptors (Lipinski definition) is 3. The number of rotatable bonds is 3. The zero-order valence-corrected chi connectivity index (χ0v) is 16.2. The van der Waals surface area contributed by atoms with Gasteiger partial charge in [-0.2, -0.15) is 26.3 Å². The quantitative estimate of drug-likeness (QED) is 0.164. The summed E-state index contributed by atoms with van der Waals surface area (Å²) in [5, 5.41) is 0. The van der Waals surface area contributed by atoms with Gasteiger partial charge < -0.3 is 0 Å². The maximum absolute atomic E-state index is 12.1. The number of imide groups is 1. The highest BCUT2D eigenvalue weighted by atomic mass is 35.5. The van der Waals surface area contributed by atoms with E-state index < -0.39 is 21.9 Å². The van der Waals surface area contributed by atoms with Crippen LogP contribution in [-0.2, 0) is 9.59 Å². The first-order chi connectivity index (χ1) is 11.8. The first kappa shape index (κ1) is 26.0. The van der Waals surface area contributed by atoms with Crippen molar-refractivity contribution in [3.63, 3.8) is 0 Å². The van der Waals surface area contributed by atoms with E-state index in [1.54, 1.807) is 0 Å². The van der Waals surface area contributed by atoms with Crippen molar-refractivity contribution in [2.45, 2.75) is 34.7 Å². The van der Waals surface area contributed by atoms with Gasteiger partial charge in [-0.1, -0.05) is 35.4 Å². The second kappa shape index (κ2) is 11.7. The Hall–Kier alpha value is -0.0300. The molecule has 26 heavy (non-hydrogen) atoms. The minimum atomic E-state index is -3.67. The van der Waals surface area contributed by atoms with Gasteiger partial charge in [0.05, 0.1) is 11.8 Å². The number of alkyl halides is 10. The summed E-state index contributed by atoms with van der Waals surface area (Å²) in [6.07, 6.45) is 4.94. The number of nitrogens with zero attached hydrogens (tertiary/aromatic N) is 1. The number of carbonyl (C=O) groups is 2. The average molecular weight is 489 g/mol. The Morgan fingerprint density at radius 3 is 1.50 bits per heavy atom. The minimum Gasteiger partial charge on any atom is -0.273 e. The normalized spacial score (nSPS) is 22.3. The highest BCUT2D eigenvalue weighted by Crippen LogP contribution is 2.48. The molecule has 2 amide bonds. The number of fused-ring (bicyclic) bond motifs is 1. The van der Waals surface area contributed by atoms with Crippen molar-refractivity contribution in [1.29, 1.82) is 0 Å². The fourth-order valence-electron chi connectivity index (χ4n) is 2.02. The van der Waals surface area contributed by atoms with Crippen molar-refractivity contribution in [3.05, 3.63) is 12.2 Å². The summed E-state index contributed by atoms with van der Waals surface area (Å²) in [7, 11) is 0. The topological polar surface area (TPSA) is 37.4 Å². The molecule has 3 nitrogen and oxygen atoms in total. The predicted molar refractivity (Wildman–Crippen MR) is 89.0 cm³/mol. The van der Waals surface area contributed by atoms with Crippen molar-refractivity contribution in [3.8, 4) is 0 Å². The Morgan fingerprint density at radius 1 is 0.923 bits per heavy atom. The smallest absolute Gasteiger partial charge is 0.273 e. The second-order valence-corrected chi connectivity index (χ2v) is 8.70. The van der Waals surface area contributed by atoms with E-state index in [4.69, 9.17) is 46.4 Å². The molecule has 2 aliphatic rings. The highest BCUT2D eigenvalue weighted by molar-refractivity contribution is 8.02. The monoisotopic (exact) mass is 487 g/mol. The third-order valence-corrected chi connectivity index (χ3v) is 6.17. The van der Waals surface area contributed by atoms with Crippen LogP contribution in [0.4, 0.5) is 26.3 Å². The highest BCUT2D eigenvalue weighted by Gasteiger charge is 2.51. The lowest BCUT2D eigenvalue weighted by molar-refractivity contribution is -0.133. The molecule has 0 bridgehead atoms. The van der Waals surface area contributed by atoms with Crippen molar-refractivity contribution < 1.29 is 35.9 Å². The Morgan fingerprint density at radius 2 is 1.23 bits per heavy atom. The van der Waals surface area contributed by atoms with E-state index in [0.29, 0.717) is 24.8 Å². The van der Waals surface area contributed by atoms with Crippen molar-refractivity contribution in [2.75, 3.05) is 0 Å². The number of allylic oxidation sites excluding steroid dienone is 2. The van der Waals surface area contributed by atoms with E-state index in [9.17, 15) is 35.9 Å². The first-order valence-electron chi connectivity index (χ1n) is 6.53. The molecule has 0 saturated carbocycles. The lowest BCUT2D eigenvalue weighted by Gasteiger charge is -2.24. The molecule has 1 heterocycles. The van der Waals surface area contributed by atoms with Crippen molar-refractivity contribution >= 4 is 70.2 Å². The molecular formula is C12H11Cl4F6NO2S. The molecule has 0 aromatic heterocycles. The first-order valence-corrected chi connectivity index (χ1v) is 8.93. The molecule has 2 unspecified atom stereocenters. The molecule has 152 valence electrons. The average Bonchev–Trinajstić information content (AvgIpc) is 2.71. The maximum atomic E-state index is 12.1. The molecule has 14 heteroatoms. The van der Waals surface area contributed by atoms with E-state index in [2.05, 4.69) is 0 Å². The van der Waals surface area contributed by atoms with Gasteiger partial charge in [0.2, 0.25) is 15.5 Å². The molecule has 0 N–H and O–H groups in total. The lowest BCUT2D eigenvalue weighted by Crippen LogP contribution is -2.31. The van der Waals surface area contributed by atoms with Gasteiger partial charge in [0, 0.05) is 11.9 Å². The van der Waals surface area contributed by atoms with Crippen LogP contribution in [0.5, 0.6) is 0 Å². The van der Waals surface area contributed by atoms with Crippen LogP contribution in [-0.4, -0.2) is 38.0 Å². The third-order valence-electron chi connectivity index (χ3n) is 2.93. The Kier molecular flexibility index (Phi) is 11.7. The Bertz CT molecular complexity index is 475. The van der Waals surface area contributed by atoms with Crippen LogP contribution in [0.1, 0.15) is 12.8 Å². The lowest BCUT2D eigenvalue weighted by atomic mass is 9.85. The minimum absolute atomic E-state index is 0.279. The van der Waals surface area contributed by atoms with E-state index >= 15 is 0 Å². The van der Waals surface area contributed by atoms with Crippen LogP contribution in [0.3, 0.4) is 0 Å². The summed E-state index contributed by atoms with van der Waals surface area (Å²) in [5.74, 6) is -1.19. The number of carbonyl (C=O) groups excluding carboxylic acids is 2. The molecule has 1 fully saturated rings. The molecule has 1 aliphatic carbocycles. The van der Waals surface area contributed by atoms with Gasteiger partial charge in [-0.3, -0.25) is 9.59 Å². The van der Waals surface area contributed by atoms with Gasteiger partial charge in [-0.15, -0.1) is 23.2 Å². The molecule has 0 aromatic carbocycles. The Balaban J connectivity index is 0.000000662. The number of halogens is 10. The zero-order valence-electron chi connectivity index (χ0n) is 12.4. The molecule has 2 rings (SSSR count). The fraction of sp³-hybridized carbons (Fsp3) is 0.667. The van der Waals surface area contributed by atoms with Crippen LogP contribution in [0.2, 0.25) is 0 Å². The number of hydrogen-bond donors (Lipinski definition) is 0. The third kappa shape index (κ3) is 8.77. The van der Waals surface area contributed by atoms with Gasteiger partial charge in [-0.05, 0) is 12.8 Å². The summed E-state index contributed by atoms with van der Waals surface area (Å²) in [4.78, 5) is 23.1. The van der Waals surface area contributed by atoms with Crippen LogP contribution < -0.4 is 0 Å². The van der Waals surface area contributed by atoms with E-state index in [0.717, 1.165) is 4.31 Å². The molecule has 1 aliphatic heterocycles. The van der Waals surface area contributed by atoms with Gasteiger partial charge in [0.25, 0.3) is 0 Å². The molecular weight excluding hydrogens is 478 g/mol. The molecule has 0 aromatic rings. The van der Waals surface area contributed by atoms with E-state index in [-0.39, 0.29) is 23.7 Å². The Labute approximate surface area is 169 Å². The summed E-state index contributed by atoms with van der Waals surface area (Å²) in [5.41, 5.74) is 0. The summed E-state index contributed by atoms with van der Waals surface area (Å²) >= 11 is 23.7. The van der Waals surface area contributed by atoms with Crippen LogP contribution in [0, 0.1) is 11.8 Å². The van der Waals surface area contributed by atoms with Gasteiger partial charge in [-0.25, -0.2) is 4.31 Å². The van der Waals surface area contributed by atoms with Crippen LogP contribution in [0.15, 0.2) is 12.2 Å². The van der Waals surface area contributed by atoms with E-state index in [1.807, 2.05) is 12.2 Å². The van der Waals surface area contributed by atoms with Crippen molar-refractivity contribution in [1.82, 2.24) is 4.31 Å². The van der Waals surface area contributed by atoms with Gasteiger partial charge in [0.1, 0.15) is 0 Å². The number of amides is 2. The largest absolute Gasteiger partial charge is 0.379 e. The van der Waals surface area contributed by atoms with Crippen LogP contribution in [0.25, 0.3) is 0 Å². The van der Waals surface area contributed by atoms with Gasteiger partial charge in [0.15, 0.2) is 4.84 Å². The SMILES string of the molecule is FC(F)F.FC(F)F.O=C1C2CC=CCC2C(=O)N1SC(Cl)(Cl)C(Cl)Cl. The molecule has 2 atom stereocenters. The van der Waals surface area contributed by atoms with Gasteiger partial charge >= 0.3 is 13.4 Å². The molecule has 0 spiro atoms. The van der Waals surface area contributed by atoms with Crippen molar-refractivity contribution in [2.24, 2.45) is 11.8 Å². The predicted octanol–water partition coefficient (Wildman–Crippen LogP) is 5.88. The standard InChI is InChI=1S/C10H9Cl4NO2S.2CHF3/c11-9(12)10(13,14)18-15-7(16)5-3-1-2-4-6(5)8(15)17;2*2-1(3)4/h1-2,5-6,9H,3-4H2;2*1H. The molecule has 1 saturated heterocycles. The van der Waals surface area contributed by atoms with Crippen LogP contribution >= 0.6 is 58.4 Å².